The first-order valence-electron chi connectivity index (χ1n) is 9.64. The number of benzene rings is 2. The van der Waals surface area contributed by atoms with Crippen molar-refractivity contribution in [1.82, 2.24) is 4.90 Å². The summed E-state index contributed by atoms with van der Waals surface area (Å²) in [5.41, 5.74) is 0.754. The maximum absolute atomic E-state index is 13.2. The summed E-state index contributed by atoms with van der Waals surface area (Å²) >= 11 is 0. The molecule has 1 heterocycles. The number of nitrogens with one attached hydrogen (secondary N) is 1. The van der Waals surface area contributed by atoms with Gasteiger partial charge in [0, 0.05) is 37.6 Å². The van der Waals surface area contributed by atoms with Gasteiger partial charge < -0.3 is 19.7 Å². The zero-order valence-corrected chi connectivity index (χ0v) is 16.7. The number of hydrogen-bond donors (Lipinski definition) is 1. The highest BCUT2D eigenvalue weighted by Crippen LogP contribution is 2.30. The van der Waals surface area contributed by atoms with Crippen LogP contribution in [0.3, 0.4) is 0 Å². The molecule has 0 radical (unpaired) electrons. The quantitative estimate of drug-likeness (QED) is 0.704. The van der Waals surface area contributed by atoms with Gasteiger partial charge in [-0.3, -0.25) is 14.4 Å². The second-order valence-electron chi connectivity index (χ2n) is 6.94. The van der Waals surface area contributed by atoms with E-state index in [9.17, 15) is 18.8 Å². The Hall–Kier alpha value is -3.42. The van der Waals surface area contributed by atoms with Gasteiger partial charge in [0.15, 0.2) is 17.3 Å². The molecule has 0 atom stereocenters. The molecule has 1 N–H and O–H groups in total. The average molecular weight is 414 g/mol. The number of fused-ring (bicyclic) bond motifs is 1. The van der Waals surface area contributed by atoms with E-state index in [1.165, 1.54) is 30.1 Å². The number of Topliss-reactive ketones (excluding diaryl/α,β-unsaturated/α-hetero) is 1. The lowest BCUT2D eigenvalue weighted by atomic mass is 10.1. The van der Waals surface area contributed by atoms with Gasteiger partial charge in [-0.1, -0.05) is 6.07 Å². The van der Waals surface area contributed by atoms with Crippen molar-refractivity contribution in [2.45, 2.75) is 19.3 Å². The molecule has 1 aliphatic heterocycles. The minimum Gasteiger partial charge on any atom is -0.490 e. The molecule has 8 heteroatoms. The van der Waals surface area contributed by atoms with Crippen LogP contribution in [0.25, 0.3) is 0 Å². The molecule has 0 fully saturated rings. The molecule has 0 saturated carbocycles. The number of nitrogens with zero attached hydrogens (tertiary/aromatic N) is 1. The number of ketones is 1. The predicted molar refractivity (Wildman–Crippen MR) is 108 cm³/mol. The number of carbonyl (C=O) groups excluding carboxylic acids is 3. The molecule has 0 saturated heterocycles. The molecule has 30 heavy (non-hydrogen) atoms. The van der Waals surface area contributed by atoms with Gasteiger partial charge in [0.2, 0.25) is 11.8 Å². The van der Waals surface area contributed by atoms with Crippen molar-refractivity contribution in [3.63, 3.8) is 0 Å². The molecule has 3 rings (SSSR count). The zero-order valence-electron chi connectivity index (χ0n) is 16.7. The fourth-order valence-electron chi connectivity index (χ4n) is 2.96. The third-order valence-electron chi connectivity index (χ3n) is 4.55. The van der Waals surface area contributed by atoms with E-state index in [0.717, 1.165) is 6.42 Å². The number of carbonyl (C=O) groups is 3. The summed E-state index contributed by atoms with van der Waals surface area (Å²) in [5, 5.41) is 2.53. The van der Waals surface area contributed by atoms with E-state index < -0.39 is 11.7 Å². The van der Waals surface area contributed by atoms with Crippen molar-refractivity contribution >= 4 is 23.3 Å². The summed E-state index contributed by atoms with van der Waals surface area (Å²) < 4.78 is 24.3. The average Bonchev–Trinajstić information content (AvgIpc) is 2.96. The van der Waals surface area contributed by atoms with Crippen LogP contribution in [0.5, 0.6) is 11.5 Å². The number of ether oxygens (including phenoxy) is 2. The van der Waals surface area contributed by atoms with E-state index in [1.807, 2.05) is 0 Å². The number of amides is 2. The highest BCUT2D eigenvalue weighted by Gasteiger charge is 2.18. The molecule has 1 aliphatic rings. The van der Waals surface area contributed by atoms with Crippen LogP contribution in [0.4, 0.5) is 10.1 Å². The number of likely N-dealkylation sites (N-methyl/N-ethyl adjacent to an activating group) is 1. The number of rotatable bonds is 7. The van der Waals surface area contributed by atoms with E-state index in [4.69, 9.17) is 9.47 Å². The third-order valence-corrected chi connectivity index (χ3v) is 4.55. The van der Waals surface area contributed by atoms with Gasteiger partial charge in [0.25, 0.3) is 0 Å². The minimum absolute atomic E-state index is 0.00827. The standard InChI is InChI=1S/C22H23FN2O5/c1-25(14-21(27)24-17-5-2-4-16(23)13-17)22(28)9-7-18(26)15-6-8-19-20(12-15)30-11-3-10-29-19/h2,4-6,8,12-13H,3,7,9-11,14H2,1H3,(H,24,27). The molecule has 7 nitrogen and oxygen atoms in total. The van der Waals surface area contributed by atoms with Crippen molar-refractivity contribution in [2.24, 2.45) is 0 Å². The molecule has 0 aromatic heterocycles. The SMILES string of the molecule is CN(CC(=O)Nc1cccc(F)c1)C(=O)CCC(=O)c1ccc2c(c1)OCCCO2. The van der Waals surface area contributed by atoms with Crippen LogP contribution in [-0.2, 0) is 9.59 Å². The van der Waals surface area contributed by atoms with E-state index in [1.54, 1.807) is 24.3 Å². The van der Waals surface area contributed by atoms with E-state index in [-0.39, 0.29) is 31.1 Å². The summed E-state index contributed by atoms with van der Waals surface area (Å²) in [6.07, 6.45) is 0.747. The van der Waals surface area contributed by atoms with E-state index >= 15 is 0 Å². The Labute approximate surface area is 173 Å². The van der Waals surface area contributed by atoms with Gasteiger partial charge in [-0.15, -0.1) is 0 Å². The van der Waals surface area contributed by atoms with Crippen molar-refractivity contribution in [2.75, 3.05) is 32.1 Å². The lowest BCUT2D eigenvalue weighted by Crippen LogP contribution is -2.35. The number of anilines is 1. The number of hydrogen-bond acceptors (Lipinski definition) is 5. The smallest absolute Gasteiger partial charge is 0.243 e. The van der Waals surface area contributed by atoms with Gasteiger partial charge in [0.1, 0.15) is 5.82 Å². The van der Waals surface area contributed by atoms with E-state index in [0.29, 0.717) is 36.0 Å². The predicted octanol–water partition coefficient (Wildman–Crippen LogP) is 3.05. The van der Waals surface area contributed by atoms with Crippen LogP contribution in [0, 0.1) is 5.82 Å². The largest absolute Gasteiger partial charge is 0.490 e. The molecular weight excluding hydrogens is 391 g/mol. The Kier molecular flexibility index (Phi) is 7.00. The van der Waals surface area contributed by atoms with Crippen molar-refractivity contribution in [1.29, 1.82) is 0 Å². The normalized spacial score (nSPS) is 12.6. The molecule has 158 valence electrons. The summed E-state index contributed by atoms with van der Waals surface area (Å²) in [6, 6.07) is 10.5. The first-order chi connectivity index (χ1) is 14.4. The van der Waals surface area contributed by atoms with Crippen molar-refractivity contribution in [3.8, 4) is 11.5 Å². The second kappa shape index (κ2) is 9.87. The zero-order chi connectivity index (χ0) is 21.5. The van der Waals surface area contributed by atoms with Gasteiger partial charge in [-0.05, 0) is 36.4 Å². The monoisotopic (exact) mass is 414 g/mol. The summed E-state index contributed by atoms with van der Waals surface area (Å²) in [7, 11) is 1.48. The lowest BCUT2D eigenvalue weighted by molar-refractivity contribution is -0.133. The molecule has 0 spiro atoms. The third kappa shape index (κ3) is 5.79. The molecule has 2 amide bonds. The lowest BCUT2D eigenvalue weighted by Gasteiger charge is -2.17. The minimum atomic E-state index is -0.467. The highest BCUT2D eigenvalue weighted by molar-refractivity contribution is 5.99. The molecular formula is C22H23FN2O5. The Morgan fingerprint density at radius 3 is 2.57 bits per heavy atom. The first kappa shape index (κ1) is 21.3. The summed E-state index contributed by atoms with van der Waals surface area (Å²) in [4.78, 5) is 38.0. The topological polar surface area (TPSA) is 84.9 Å². The Morgan fingerprint density at radius 2 is 1.80 bits per heavy atom. The van der Waals surface area contributed by atoms with Gasteiger partial charge in [0.05, 0.1) is 19.8 Å². The van der Waals surface area contributed by atoms with Gasteiger partial charge in [-0.25, -0.2) is 4.39 Å². The van der Waals surface area contributed by atoms with Crippen LogP contribution in [0.1, 0.15) is 29.6 Å². The molecule has 0 bridgehead atoms. The maximum atomic E-state index is 13.2. The van der Waals surface area contributed by atoms with Gasteiger partial charge in [-0.2, -0.15) is 0 Å². The summed E-state index contributed by atoms with van der Waals surface area (Å²) in [5.74, 6) is -0.333. The van der Waals surface area contributed by atoms with Crippen LogP contribution in [-0.4, -0.2) is 49.3 Å². The Balaban J connectivity index is 1.49. The molecule has 2 aromatic carbocycles. The number of halogens is 1. The molecule has 0 aliphatic carbocycles. The Bertz CT molecular complexity index is 947. The second-order valence-corrected chi connectivity index (χ2v) is 6.94. The first-order valence-corrected chi connectivity index (χ1v) is 9.64. The van der Waals surface area contributed by atoms with Crippen LogP contribution in [0.15, 0.2) is 42.5 Å². The molecule has 2 aromatic rings. The highest BCUT2D eigenvalue weighted by atomic mass is 19.1. The maximum Gasteiger partial charge on any atom is 0.243 e. The van der Waals surface area contributed by atoms with E-state index in [2.05, 4.69) is 5.32 Å². The van der Waals surface area contributed by atoms with Crippen molar-refractivity contribution in [3.05, 3.63) is 53.8 Å². The fraction of sp³-hybridized carbons (Fsp3) is 0.318. The molecule has 0 unspecified atom stereocenters. The van der Waals surface area contributed by atoms with Gasteiger partial charge >= 0.3 is 0 Å². The Morgan fingerprint density at radius 1 is 1.03 bits per heavy atom. The summed E-state index contributed by atoms with van der Waals surface area (Å²) in [6.45, 7) is 0.882. The van der Waals surface area contributed by atoms with Crippen LogP contribution < -0.4 is 14.8 Å². The fourth-order valence-corrected chi connectivity index (χ4v) is 2.96. The van der Waals surface area contributed by atoms with Crippen molar-refractivity contribution < 1.29 is 28.2 Å². The van der Waals surface area contributed by atoms with Crippen LogP contribution in [0.2, 0.25) is 0 Å². The van der Waals surface area contributed by atoms with Crippen LogP contribution >= 0.6 is 0 Å².